The van der Waals surface area contributed by atoms with E-state index in [1.54, 1.807) is 32.0 Å². The van der Waals surface area contributed by atoms with Gasteiger partial charge in [0.2, 0.25) is 32.7 Å². The summed E-state index contributed by atoms with van der Waals surface area (Å²) in [7, 11) is -8.32. The molecule has 0 bridgehead atoms. The minimum atomic E-state index is -4.33. The van der Waals surface area contributed by atoms with Crippen molar-refractivity contribution in [1.29, 1.82) is 0 Å². The Hall–Kier alpha value is -3.78. The summed E-state index contributed by atoms with van der Waals surface area (Å²) in [5.74, 6) is -0.403. The maximum atomic E-state index is 14.5. The predicted molar refractivity (Wildman–Crippen MR) is 149 cm³/mol. The van der Waals surface area contributed by atoms with E-state index in [9.17, 15) is 26.4 Å². The van der Waals surface area contributed by atoms with Crippen LogP contribution < -0.4 is 19.5 Å². The number of ether oxygens (including phenoxy) is 2. The molecule has 3 aromatic carbocycles. The highest BCUT2D eigenvalue weighted by atomic mass is 32.2. The van der Waals surface area contributed by atoms with Crippen molar-refractivity contribution in [3.8, 4) is 11.5 Å². The number of hydrogen-bond donors (Lipinski definition) is 1. The summed E-state index contributed by atoms with van der Waals surface area (Å²) >= 11 is 0. The van der Waals surface area contributed by atoms with Crippen molar-refractivity contribution in [3.63, 3.8) is 0 Å². The third-order valence-electron chi connectivity index (χ3n) is 7.53. The van der Waals surface area contributed by atoms with E-state index in [0.717, 1.165) is 20.3 Å². The number of carbonyl (C=O) groups excluding carboxylic acids is 2. The Morgan fingerprint density at radius 1 is 0.878 bits per heavy atom. The van der Waals surface area contributed by atoms with E-state index in [-0.39, 0.29) is 28.8 Å². The van der Waals surface area contributed by atoms with E-state index >= 15 is 0 Å². The number of sulfonamides is 2. The number of carbonyl (C=O) groups is 2. The number of amides is 2. The van der Waals surface area contributed by atoms with Crippen LogP contribution in [0.3, 0.4) is 0 Å². The number of anilines is 1. The molecule has 0 aromatic heterocycles. The predicted octanol–water partition coefficient (Wildman–Crippen LogP) is 2.82. The molecule has 1 fully saturated rings. The monoisotopic (exact) mass is 599 g/mol. The molecule has 0 spiro atoms. The molecule has 5 rings (SSSR count). The fourth-order valence-corrected chi connectivity index (χ4v) is 7.83. The van der Waals surface area contributed by atoms with Crippen LogP contribution in [0.1, 0.15) is 34.2 Å². The molecule has 0 radical (unpaired) electrons. The SMILES string of the molecule is Cc1cc(C)c(C)c(S(=O)(=O)N(Cc2ccc3c(c2)OCO3)C2CC(=O)N(c3ccc(S(N)(=O)=O)cc3)C2=O)c1C. The fourth-order valence-electron chi connectivity index (χ4n) is 5.16. The molecule has 1 saturated heterocycles. The zero-order valence-corrected chi connectivity index (χ0v) is 24.5. The van der Waals surface area contributed by atoms with E-state index in [2.05, 4.69) is 0 Å². The maximum absolute atomic E-state index is 14.5. The second-order valence-corrected chi connectivity index (χ2v) is 13.5. The number of fused-ring (bicyclic) bond motifs is 1. The Kier molecular flexibility index (Phi) is 7.18. The van der Waals surface area contributed by atoms with Gasteiger partial charge in [-0.2, -0.15) is 4.31 Å². The molecule has 2 amide bonds. The van der Waals surface area contributed by atoms with Gasteiger partial charge in [-0.1, -0.05) is 12.1 Å². The molecule has 1 unspecified atom stereocenters. The highest BCUT2D eigenvalue weighted by Crippen LogP contribution is 2.37. The van der Waals surface area contributed by atoms with Crippen LogP contribution in [-0.4, -0.2) is 45.8 Å². The Balaban J connectivity index is 1.60. The lowest BCUT2D eigenvalue weighted by Crippen LogP contribution is -2.45. The average molecular weight is 600 g/mol. The molecule has 0 saturated carbocycles. The summed E-state index contributed by atoms with van der Waals surface area (Å²) in [4.78, 5) is 27.8. The Labute approximate surface area is 238 Å². The van der Waals surface area contributed by atoms with Crippen molar-refractivity contribution in [3.05, 3.63) is 76.3 Å². The van der Waals surface area contributed by atoms with Crippen molar-refractivity contribution < 1.29 is 35.9 Å². The molecule has 0 aliphatic carbocycles. The molecule has 1 atom stereocenters. The van der Waals surface area contributed by atoms with Crippen LogP contribution in [0, 0.1) is 27.7 Å². The van der Waals surface area contributed by atoms with Crippen molar-refractivity contribution in [2.75, 3.05) is 11.7 Å². The quantitative estimate of drug-likeness (QED) is 0.407. The van der Waals surface area contributed by atoms with Crippen LogP contribution in [0.2, 0.25) is 0 Å². The molecule has 3 aromatic rings. The molecular formula is C28H29N3O8S2. The van der Waals surface area contributed by atoms with Gasteiger partial charge < -0.3 is 9.47 Å². The number of primary sulfonamides is 1. The van der Waals surface area contributed by atoms with Gasteiger partial charge in [0.05, 0.1) is 21.9 Å². The number of hydrogen-bond acceptors (Lipinski definition) is 8. The van der Waals surface area contributed by atoms with Gasteiger partial charge in [-0.15, -0.1) is 0 Å². The standard InChI is InChI=1S/C28H29N3O8S2/c1-16-11-17(2)19(4)27(18(16)3)41(36,37)30(14-20-5-10-24-25(12-20)39-15-38-24)23-13-26(32)31(28(23)33)21-6-8-22(9-7-21)40(29,34)35/h5-12,23H,13-15H2,1-4H3,(H2,29,34,35). The Morgan fingerprint density at radius 2 is 1.49 bits per heavy atom. The molecule has 11 nitrogen and oxygen atoms in total. The Bertz CT molecular complexity index is 1780. The normalized spacial score (nSPS) is 17.1. The number of nitrogens with zero attached hydrogens (tertiary/aromatic N) is 2. The van der Waals surface area contributed by atoms with Crippen LogP contribution in [0.4, 0.5) is 5.69 Å². The van der Waals surface area contributed by atoms with Gasteiger partial charge in [-0.25, -0.2) is 26.9 Å². The summed E-state index contributed by atoms with van der Waals surface area (Å²) in [6.45, 7) is 6.90. The highest BCUT2D eigenvalue weighted by molar-refractivity contribution is 7.89. The average Bonchev–Trinajstić information content (AvgIpc) is 3.48. The summed E-state index contributed by atoms with van der Waals surface area (Å²) in [5.41, 5.74) is 3.30. The molecule has 41 heavy (non-hydrogen) atoms. The topological polar surface area (TPSA) is 153 Å². The van der Waals surface area contributed by atoms with E-state index in [4.69, 9.17) is 14.6 Å². The van der Waals surface area contributed by atoms with Crippen molar-refractivity contribution in [1.82, 2.24) is 4.31 Å². The van der Waals surface area contributed by atoms with Crippen LogP contribution in [0.15, 0.2) is 58.3 Å². The van der Waals surface area contributed by atoms with Crippen molar-refractivity contribution >= 4 is 37.5 Å². The number of benzene rings is 3. The van der Waals surface area contributed by atoms with Crippen LogP contribution in [-0.2, 0) is 36.2 Å². The van der Waals surface area contributed by atoms with E-state index in [1.807, 2.05) is 19.9 Å². The number of aryl methyl sites for hydroxylation is 2. The van der Waals surface area contributed by atoms with Crippen LogP contribution in [0.25, 0.3) is 0 Å². The number of imide groups is 1. The number of nitrogens with two attached hydrogens (primary N) is 1. The van der Waals surface area contributed by atoms with Gasteiger partial charge in [0.15, 0.2) is 11.5 Å². The van der Waals surface area contributed by atoms with E-state index < -0.39 is 44.3 Å². The van der Waals surface area contributed by atoms with Crippen LogP contribution >= 0.6 is 0 Å². The Morgan fingerprint density at radius 3 is 2.10 bits per heavy atom. The molecule has 216 valence electrons. The summed E-state index contributed by atoms with van der Waals surface area (Å²) < 4.78 is 64.2. The second kappa shape index (κ2) is 10.2. The van der Waals surface area contributed by atoms with Gasteiger partial charge in [0.1, 0.15) is 6.04 Å². The second-order valence-electron chi connectivity index (χ2n) is 10.2. The first-order chi connectivity index (χ1) is 19.2. The number of rotatable bonds is 7. The minimum absolute atomic E-state index is 0.0383. The molecule has 13 heteroatoms. The third-order valence-corrected chi connectivity index (χ3v) is 10.6. The summed E-state index contributed by atoms with van der Waals surface area (Å²) in [6, 6.07) is 10.5. The van der Waals surface area contributed by atoms with Crippen molar-refractivity contribution in [2.24, 2.45) is 5.14 Å². The first-order valence-electron chi connectivity index (χ1n) is 12.7. The van der Waals surface area contributed by atoms with E-state index in [0.29, 0.717) is 28.2 Å². The first kappa shape index (κ1) is 28.7. The third kappa shape index (κ3) is 5.10. The summed E-state index contributed by atoms with van der Waals surface area (Å²) in [5, 5.41) is 5.17. The minimum Gasteiger partial charge on any atom is -0.454 e. The van der Waals surface area contributed by atoms with Gasteiger partial charge in [0, 0.05) is 6.54 Å². The molecule has 2 aliphatic rings. The lowest BCUT2D eigenvalue weighted by molar-refractivity contribution is -0.122. The first-order valence-corrected chi connectivity index (χ1v) is 15.7. The molecule has 2 aliphatic heterocycles. The largest absolute Gasteiger partial charge is 0.454 e. The zero-order valence-electron chi connectivity index (χ0n) is 22.9. The molecular weight excluding hydrogens is 570 g/mol. The maximum Gasteiger partial charge on any atom is 0.252 e. The lowest BCUT2D eigenvalue weighted by Gasteiger charge is -2.29. The van der Waals surface area contributed by atoms with Crippen LogP contribution in [0.5, 0.6) is 11.5 Å². The van der Waals surface area contributed by atoms with Gasteiger partial charge in [-0.3, -0.25) is 9.59 Å². The fraction of sp³-hybridized carbons (Fsp3) is 0.286. The molecule has 2 heterocycles. The zero-order chi connectivity index (χ0) is 29.9. The van der Waals surface area contributed by atoms with Gasteiger partial charge in [-0.05, 0) is 91.9 Å². The summed E-state index contributed by atoms with van der Waals surface area (Å²) in [6.07, 6.45) is -0.400. The van der Waals surface area contributed by atoms with E-state index in [1.165, 1.54) is 24.3 Å². The lowest BCUT2D eigenvalue weighted by atomic mass is 10.0. The highest BCUT2D eigenvalue weighted by Gasteiger charge is 2.47. The molecule has 2 N–H and O–H groups in total. The van der Waals surface area contributed by atoms with Crippen molar-refractivity contribution in [2.45, 2.75) is 56.5 Å². The van der Waals surface area contributed by atoms with Gasteiger partial charge >= 0.3 is 0 Å². The van der Waals surface area contributed by atoms with Gasteiger partial charge in [0.25, 0.3) is 5.91 Å². The smallest absolute Gasteiger partial charge is 0.252 e.